The van der Waals surface area contributed by atoms with Crippen LogP contribution in [-0.2, 0) is 17.9 Å². The van der Waals surface area contributed by atoms with Crippen molar-refractivity contribution in [1.82, 2.24) is 25.1 Å². The third kappa shape index (κ3) is 5.46. The Balaban J connectivity index is 1.79. The number of aromatic nitrogens is 2. The first-order valence-electron chi connectivity index (χ1n) is 11.8. The summed E-state index contributed by atoms with van der Waals surface area (Å²) in [7, 11) is 0. The number of benzene rings is 1. The molecule has 0 bridgehead atoms. The lowest BCUT2D eigenvalue weighted by Crippen LogP contribution is -2.64. The summed E-state index contributed by atoms with van der Waals surface area (Å²) in [5, 5.41) is 5.86. The highest BCUT2D eigenvalue weighted by Gasteiger charge is 2.48. The van der Waals surface area contributed by atoms with E-state index in [9.17, 15) is 14.4 Å². The number of hydrogen-bond acceptors (Lipinski definition) is 5. The quantitative estimate of drug-likeness (QED) is 0.503. The number of nitrogens with one attached hydrogen (secondary N) is 2. The largest absolute Gasteiger partial charge is 0.354 e. The maximum Gasteiger partial charge on any atom is 0.273 e. The zero-order valence-corrected chi connectivity index (χ0v) is 21.5. The molecule has 0 saturated heterocycles. The average molecular weight is 486 g/mol. The second kappa shape index (κ2) is 11.1. The van der Waals surface area contributed by atoms with E-state index in [1.165, 1.54) is 6.33 Å². The molecule has 3 rings (SSSR count). The Morgan fingerprint density at radius 1 is 1.21 bits per heavy atom. The average Bonchev–Trinajstić information content (AvgIpc) is 3.24. The lowest BCUT2D eigenvalue weighted by Gasteiger charge is -2.43. The Bertz CT molecular complexity index is 1030. The van der Waals surface area contributed by atoms with Crippen LogP contribution in [0.15, 0.2) is 35.5 Å². The highest BCUT2D eigenvalue weighted by molar-refractivity contribution is 7.98. The first-order chi connectivity index (χ1) is 16.2. The SMILES string of the molecule is CCCN1C(=O)c2c(C(=O)NCc3ccc(SC)cc3)ncn2C[C@@]1(C)C(=O)NCCC(C)C. The van der Waals surface area contributed by atoms with Crippen molar-refractivity contribution in [3.8, 4) is 0 Å². The van der Waals surface area contributed by atoms with Gasteiger partial charge in [-0.15, -0.1) is 11.8 Å². The molecule has 184 valence electrons. The van der Waals surface area contributed by atoms with Crippen LogP contribution >= 0.6 is 11.8 Å². The molecule has 2 aromatic rings. The first-order valence-corrected chi connectivity index (χ1v) is 13.0. The van der Waals surface area contributed by atoms with E-state index in [1.807, 2.05) is 37.4 Å². The summed E-state index contributed by atoms with van der Waals surface area (Å²) in [6.45, 7) is 9.51. The molecule has 34 heavy (non-hydrogen) atoms. The summed E-state index contributed by atoms with van der Waals surface area (Å²) >= 11 is 1.66. The molecule has 3 amide bonds. The molecular weight excluding hydrogens is 450 g/mol. The summed E-state index contributed by atoms with van der Waals surface area (Å²) in [5.74, 6) is -0.467. The lowest BCUT2D eigenvalue weighted by molar-refractivity contribution is -0.132. The van der Waals surface area contributed by atoms with Gasteiger partial charge < -0.3 is 20.1 Å². The molecule has 0 spiro atoms. The number of fused-ring (bicyclic) bond motifs is 1. The van der Waals surface area contributed by atoms with E-state index in [4.69, 9.17) is 0 Å². The molecule has 1 aromatic carbocycles. The molecule has 2 N–H and O–H groups in total. The Morgan fingerprint density at radius 3 is 2.53 bits per heavy atom. The fraction of sp³-hybridized carbons (Fsp3) is 0.520. The minimum absolute atomic E-state index is 0.0918. The summed E-state index contributed by atoms with van der Waals surface area (Å²) in [5.41, 5.74) is 0.235. The maximum atomic E-state index is 13.5. The highest BCUT2D eigenvalue weighted by atomic mass is 32.2. The maximum absolute atomic E-state index is 13.5. The number of amides is 3. The zero-order valence-electron chi connectivity index (χ0n) is 20.7. The molecule has 0 radical (unpaired) electrons. The smallest absolute Gasteiger partial charge is 0.273 e. The van der Waals surface area contributed by atoms with Crippen molar-refractivity contribution >= 4 is 29.5 Å². The monoisotopic (exact) mass is 485 g/mol. The van der Waals surface area contributed by atoms with Crippen LogP contribution in [0.2, 0.25) is 0 Å². The standard InChI is InChI=1S/C25H35N5O3S/c1-6-13-30-23(32)21-20(22(31)27-14-18-7-9-19(34-5)10-8-18)28-16-29(21)15-25(30,4)24(33)26-12-11-17(2)3/h7-10,16-17H,6,11-15H2,1-5H3,(H,26,33)(H,27,31)/t25-/m0/s1. The van der Waals surface area contributed by atoms with Gasteiger partial charge in [-0.2, -0.15) is 0 Å². The molecular formula is C25H35N5O3S. The number of imidazole rings is 1. The number of carbonyl (C=O) groups is 3. The van der Waals surface area contributed by atoms with E-state index in [1.54, 1.807) is 28.2 Å². The van der Waals surface area contributed by atoms with Crippen LogP contribution in [0.4, 0.5) is 0 Å². The van der Waals surface area contributed by atoms with Crippen molar-refractivity contribution in [1.29, 1.82) is 0 Å². The third-order valence-electron chi connectivity index (χ3n) is 6.13. The van der Waals surface area contributed by atoms with E-state index in [-0.39, 0.29) is 29.7 Å². The van der Waals surface area contributed by atoms with Gasteiger partial charge >= 0.3 is 0 Å². The van der Waals surface area contributed by atoms with Gasteiger partial charge in [-0.05, 0) is 49.6 Å². The Labute approximate surface area is 205 Å². The lowest BCUT2D eigenvalue weighted by atomic mass is 9.93. The molecule has 1 aromatic heterocycles. The third-order valence-corrected chi connectivity index (χ3v) is 6.87. The molecule has 0 aliphatic carbocycles. The molecule has 0 unspecified atom stereocenters. The van der Waals surface area contributed by atoms with E-state index in [0.29, 0.717) is 32.0 Å². The predicted octanol–water partition coefficient (Wildman–Crippen LogP) is 3.32. The van der Waals surface area contributed by atoms with Crippen molar-refractivity contribution in [3.63, 3.8) is 0 Å². The van der Waals surface area contributed by atoms with E-state index >= 15 is 0 Å². The number of thioether (sulfide) groups is 1. The van der Waals surface area contributed by atoms with Crippen molar-refractivity contribution in [3.05, 3.63) is 47.5 Å². The predicted molar refractivity (Wildman–Crippen MR) is 134 cm³/mol. The Kier molecular flexibility index (Phi) is 8.41. The van der Waals surface area contributed by atoms with Gasteiger partial charge in [-0.25, -0.2) is 4.98 Å². The van der Waals surface area contributed by atoms with Crippen LogP contribution in [-0.4, -0.2) is 57.1 Å². The number of rotatable bonds is 10. The summed E-state index contributed by atoms with van der Waals surface area (Å²) in [6, 6.07) is 7.94. The normalized spacial score (nSPS) is 17.6. The molecule has 9 heteroatoms. The van der Waals surface area contributed by atoms with Gasteiger partial charge in [0.05, 0.1) is 12.9 Å². The zero-order chi connectivity index (χ0) is 24.9. The van der Waals surface area contributed by atoms with Gasteiger partial charge in [0.1, 0.15) is 11.2 Å². The van der Waals surface area contributed by atoms with Crippen molar-refractivity contribution in [2.75, 3.05) is 19.3 Å². The molecule has 1 aliphatic rings. The summed E-state index contributed by atoms with van der Waals surface area (Å²) in [6.07, 6.45) is 5.06. The molecule has 1 aliphatic heterocycles. The van der Waals surface area contributed by atoms with Gasteiger partial charge in [-0.3, -0.25) is 14.4 Å². The van der Waals surface area contributed by atoms with Crippen molar-refractivity contribution in [2.45, 2.75) is 64.1 Å². The van der Waals surface area contributed by atoms with Crippen LogP contribution < -0.4 is 10.6 Å². The van der Waals surface area contributed by atoms with Crippen LogP contribution in [0.3, 0.4) is 0 Å². The van der Waals surface area contributed by atoms with Crippen LogP contribution in [0.1, 0.15) is 67.1 Å². The van der Waals surface area contributed by atoms with E-state index in [0.717, 1.165) is 16.9 Å². The van der Waals surface area contributed by atoms with Gasteiger partial charge in [0.25, 0.3) is 11.8 Å². The molecule has 0 fully saturated rings. The Hall–Kier alpha value is -2.81. The van der Waals surface area contributed by atoms with Gasteiger partial charge in [0.2, 0.25) is 5.91 Å². The number of carbonyl (C=O) groups excluding carboxylic acids is 3. The number of nitrogens with zero attached hydrogens (tertiary/aromatic N) is 3. The van der Waals surface area contributed by atoms with Crippen molar-refractivity contribution in [2.24, 2.45) is 5.92 Å². The molecule has 1 atom stereocenters. The first kappa shape index (κ1) is 25.8. The van der Waals surface area contributed by atoms with E-state index in [2.05, 4.69) is 29.5 Å². The summed E-state index contributed by atoms with van der Waals surface area (Å²) in [4.78, 5) is 46.7. The summed E-state index contributed by atoms with van der Waals surface area (Å²) < 4.78 is 1.64. The molecule has 2 heterocycles. The van der Waals surface area contributed by atoms with E-state index < -0.39 is 11.4 Å². The minimum Gasteiger partial charge on any atom is -0.354 e. The fourth-order valence-corrected chi connectivity index (χ4v) is 4.51. The topological polar surface area (TPSA) is 96.3 Å². The molecule has 8 nitrogen and oxygen atoms in total. The minimum atomic E-state index is -1.05. The number of hydrogen-bond donors (Lipinski definition) is 2. The Morgan fingerprint density at radius 2 is 1.91 bits per heavy atom. The van der Waals surface area contributed by atoms with Gasteiger partial charge in [-0.1, -0.05) is 32.9 Å². The highest BCUT2D eigenvalue weighted by Crippen LogP contribution is 2.29. The second-order valence-corrected chi connectivity index (χ2v) is 10.1. The van der Waals surface area contributed by atoms with Crippen LogP contribution in [0.5, 0.6) is 0 Å². The van der Waals surface area contributed by atoms with Gasteiger partial charge in [0.15, 0.2) is 5.69 Å². The van der Waals surface area contributed by atoms with Crippen LogP contribution in [0, 0.1) is 5.92 Å². The van der Waals surface area contributed by atoms with Crippen molar-refractivity contribution < 1.29 is 14.4 Å². The van der Waals surface area contributed by atoms with Gasteiger partial charge in [0, 0.05) is 24.5 Å². The fourth-order valence-electron chi connectivity index (χ4n) is 4.10. The second-order valence-electron chi connectivity index (χ2n) is 9.27. The molecule has 0 saturated carbocycles. The van der Waals surface area contributed by atoms with Crippen LogP contribution in [0.25, 0.3) is 0 Å².